The third-order valence-corrected chi connectivity index (χ3v) is 2.50. The number of nitrogens with zero attached hydrogens (tertiary/aromatic N) is 1. The van der Waals surface area contributed by atoms with E-state index in [1.54, 1.807) is 13.0 Å². The smallest absolute Gasteiger partial charge is 0.371 e. The van der Waals surface area contributed by atoms with Gasteiger partial charge in [0, 0.05) is 13.6 Å². The molecular formula is C13H14FNO4. The van der Waals surface area contributed by atoms with Crippen LogP contribution in [0.2, 0.25) is 0 Å². The summed E-state index contributed by atoms with van der Waals surface area (Å²) in [6.45, 7) is 1.79. The predicted octanol–water partition coefficient (Wildman–Crippen LogP) is 1.62. The van der Waals surface area contributed by atoms with Gasteiger partial charge in [-0.1, -0.05) is 12.1 Å². The molecule has 19 heavy (non-hydrogen) atoms. The molecule has 0 saturated carbocycles. The molecule has 6 heteroatoms. The first-order chi connectivity index (χ1) is 8.81. The van der Waals surface area contributed by atoms with Crippen molar-refractivity contribution in [3.63, 3.8) is 0 Å². The van der Waals surface area contributed by atoms with Gasteiger partial charge in [-0.25, -0.2) is 9.18 Å². The Morgan fingerprint density at radius 3 is 2.53 bits per heavy atom. The lowest BCUT2D eigenvalue weighted by atomic mass is 10.1. The van der Waals surface area contributed by atoms with E-state index in [1.165, 1.54) is 24.1 Å². The third kappa shape index (κ3) is 4.09. The summed E-state index contributed by atoms with van der Waals surface area (Å²) in [6, 6.07) is 4.43. The Morgan fingerprint density at radius 1 is 1.37 bits per heavy atom. The van der Waals surface area contributed by atoms with Crippen LogP contribution in [0.5, 0.6) is 0 Å². The molecule has 2 N–H and O–H groups in total. The molecule has 0 aromatic heterocycles. The lowest BCUT2D eigenvalue weighted by Gasteiger charge is -2.15. The average Bonchev–Trinajstić information content (AvgIpc) is 2.33. The molecule has 0 heterocycles. The van der Waals surface area contributed by atoms with Crippen LogP contribution in [0.1, 0.15) is 11.1 Å². The summed E-state index contributed by atoms with van der Waals surface area (Å²) in [5, 5.41) is 17.4. The minimum atomic E-state index is -1.57. The summed E-state index contributed by atoms with van der Waals surface area (Å²) in [4.78, 5) is 23.1. The number of aliphatic hydroxyl groups excluding tert-OH is 1. The number of aliphatic carboxylic acids is 1. The first kappa shape index (κ1) is 14.7. The van der Waals surface area contributed by atoms with Gasteiger partial charge in [0.15, 0.2) is 0 Å². The largest absolute Gasteiger partial charge is 0.502 e. The normalized spacial score (nSPS) is 11.2. The van der Waals surface area contributed by atoms with Gasteiger partial charge in [-0.15, -0.1) is 0 Å². The molecule has 0 bridgehead atoms. The minimum absolute atomic E-state index is 0.184. The number of carboxylic acids is 1. The number of aliphatic hydroxyl groups is 1. The Hall–Kier alpha value is -2.37. The van der Waals surface area contributed by atoms with Crippen molar-refractivity contribution in [2.75, 3.05) is 7.05 Å². The molecule has 1 aromatic carbocycles. The number of hydrogen-bond donors (Lipinski definition) is 2. The highest BCUT2D eigenvalue weighted by Gasteiger charge is 2.12. The lowest BCUT2D eigenvalue weighted by molar-refractivity contribution is -0.136. The number of amides is 1. The molecule has 1 rings (SSSR count). The van der Waals surface area contributed by atoms with Crippen LogP contribution in [-0.4, -0.2) is 34.0 Å². The minimum Gasteiger partial charge on any atom is -0.502 e. The van der Waals surface area contributed by atoms with E-state index in [0.29, 0.717) is 17.2 Å². The second-order valence-corrected chi connectivity index (χ2v) is 4.11. The first-order valence-corrected chi connectivity index (χ1v) is 5.45. The van der Waals surface area contributed by atoms with Gasteiger partial charge < -0.3 is 15.1 Å². The van der Waals surface area contributed by atoms with Gasteiger partial charge in [0.25, 0.3) is 5.91 Å². The highest BCUT2D eigenvalue weighted by Crippen LogP contribution is 2.11. The Kier molecular flexibility index (Phi) is 4.63. The Labute approximate surface area is 109 Å². The molecule has 0 radical (unpaired) electrons. The maximum absolute atomic E-state index is 13.1. The van der Waals surface area contributed by atoms with E-state index in [9.17, 15) is 14.0 Å². The summed E-state index contributed by atoms with van der Waals surface area (Å²) in [6.07, 6.45) is 0.624. The topological polar surface area (TPSA) is 77.8 Å². The molecule has 0 aliphatic carbocycles. The van der Waals surface area contributed by atoms with Crippen molar-refractivity contribution < 1.29 is 24.2 Å². The number of aryl methyl sites for hydroxylation is 1. The van der Waals surface area contributed by atoms with Crippen molar-refractivity contribution in [2.24, 2.45) is 0 Å². The molecule has 0 atom stereocenters. The van der Waals surface area contributed by atoms with Crippen LogP contribution in [0.4, 0.5) is 4.39 Å². The first-order valence-electron chi connectivity index (χ1n) is 5.45. The zero-order chi connectivity index (χ0) is 14.6. The molecule has 1 aromatic rings. The highest BCUT2D eigenvalue weighted by molar-refractivity contribution is 5.95. The van der Waals surface area contributed by atoms with Crippen molar-refractivity contribution in [3.8, 4) is 0 Å². The monoisotopic (exact) mass is 267 g/mol. The number of likely N-dealkylation sites (N-methyl/N-ethyl adjacent to an activating group) is 1. The summed E-state index contributed by atoms with van der Waals surface area (Å²) < 4.78 is 13.1. The van der Waals surface area contributed by atoms with Crippen LogP contribution >= 0.6 is 0 Å². The van der Waals surface area contributed by atoms with Crippen LogP contribution < -0.4 is 0 Å². The summed E-state index contributed by atoms with van der Waals surface area (Å²) in [7, 11) is 1.45. The third-order valence-electron chi connectivity index (χ3n) is 2.50. The average molecular weight is 267 g/mol. The maximum atomic E-state index is 13.1. The quantitative estimate of drug-likeness (QED) is 0.642. The summed E-state index contributed by atoms with van der Waals surface area (Å²) in [5.74, 6) is -3.57. The van der Waals surface area contributed by atoms with Crippen molar-refractivity contribution in [1.82, 2.24) is 4.90 Å². The molecular weight excluding hydrogens is 253 g/mol. The molecule has 0 aliphatic heterocycles. The van der Waals surface area contributed by atoms with E-state index in [-0.39, 0.29) is 12.4 Å². The number of carboxylic acid groups (broad SMARTS) is 1. The number of carbonyl (C=O) groups excluding carboxylic acids is 1. The fourth-order valence-corrected chi connectivity index (χ4v) is 1.45. The van der Waals surface area contributed by atoms with Gasteiger partial charge in [0.1, 0.15) is 5.82 Å². The van der Waals surface area contributed by atoms with Crippen LogP contribution in [0.15, 0.2) is 30.0 Å². The van der Waals surface area contributed by atoms with Gasteiger partial charge in [0.05, 0.1) is 6.08 Å². The zero-order valence-electron chi connectivity index (χ0n) is 10.6. The molecule has 0 saturated heterocycles. The van der Waals surface area contributed by atoms with E-state index in [2.05, 4.69) is 0 Å². The Morgan fingerprint density at radius 2 is 2.00 bits per heavy atom. The van der Waals surface area contributed by atoms with Crippen LogP contribution in [0.25, 0.3) is 0 Å². The van der Waals surface area contributed by atoms with Crippen molar-refractivity contribution in [1.29, 1.82) is 0 Å². The fraction of sp³-hybridized carbons (Fsp3) is 0.231. The number of carbonyl (C=O) groups is 2. The zero-order valence-corrected chi connectivity index (χ0v) is 10.6. The molecule has 0 aliphatic rings. The van der Waals surface area contributed by atoms with Crippen LogP contribution in [0, 0.1) is 12.7 Å². The highest BCUT2D eigenvalue weighted by atomic mass is 19.1. The molecule has 1 amide bonds. The summed E-state index contributed by atoms with van der Waals surface area (Å²) in [5.41, 5.74) is 1.17. The molecule has 0 spiro atoms. The number of benzene rings is 1. The number of hydrogen-bond acceptors (Lipinski definition) is 3. The van der Waals surface area contributed by atoms with E-state index in [0.717, 1.165) is 0 Å². The number of rotatable bonds is 4. The van der Waals surface area contributed by atoms with Gasteiger partial charge in [-0.05, 0) is 24.1 Å². The van der Waals surface area contributed by atoms with Crippen molar-refractivity contribution in [2.45, 2.75) is 13.5 Å². The molecule has 0 unspecified atom stereocenters. The van der Waals surface area contributed by atoms with Crippen LogP contribution in [0.3, 0.4) is 0 Å². The Balaban J connectivity index is 2.76. The second-order valence-electron chi connectivity index (χ2n) is 4.11. The van der Waals surface area contributed by atoms with Gasteiger partial charge in [-0.2, -0.15) is 0 Å². The maximum Gasteiger partial charge on any atom is 0.371 e. The number of halogens is 1. The van der Waals surface area contributed by atoms with Gasteiger partial charge in [-0.3, -0.25) is 4.79 Å². The van der Waals surface area contributed by atoms with Crippen LogP contribution in [-0.2, 0) is 16.1 Å². The van der Waals surface area contributed by atoms with Gasteiger partial charge >= 0.3 is 5.97 Å². The van der Waals surface area contributed by atoms with E-state index in [4.69, 9.17) is 10.2 Å². The van der Waals surface area contributed by atoms with E-state index in [1.807, 2.05) is 0 Å². The van der Waals surface area contributed by atoms with E-state index < -0.39 is 17.6 Å². The van der Waals surface area contributed by atoms with E-state index >= 15 is 0 Å². The summed E-state index contributed by atoms with van der Waals surface area (Å²) >= 11 is 0. The lowest BCUT2D eigenvalue weighted by Crippen LogP contribution is -2.25. The molecule has 5 nitrogen and oxygen atoms in total. The standard InChI is InChI=1S/C13H14FNO4/c1-8-5-9(3-4-10(8)14)7-15(2)12(17)6-11(16)13(18)19/h3-6,16H,7H2,1-2H3,(H,18,19)/b11-6-. The Bertz CT molecular complexity index is 539. The van der Waals surface area contributed by atoms with Crippen molar-refractivity contribution >= 4 is 11.9 Å². The van der Waals surface area contributed by atoms with Crippen molar-refractivity contribution in [3.05, 3.63) is 47.0 Å². The predicted molar refractivity (Wildman–Crippen MR) is 66.0 cm³/mol. The fourth-order valence-electron chi connectivity index (χ4n) is 1.45. The molecule has 102 valence electrons. The second kappa shape index (κ2) is 5.99. The SMILES string of the molecule is Cc1cc(CN(C)C(=O)/C=C(\O)C(=O)O)ccc1F. The van der Waals surface area contributed by atoms with Gasteiger partial charge in [0.2, 0.25) is 5.76 Å². The molecule has 0 fully saturated rings.